The first-order valence-electron chi connectivity index (χ1n) is 7.55. The normalized spacial score (nSPS) is 12.9. The molecule has 1 heterocycles. The zero-order valence-corrected chi connectivity index (χ0v) is 15.9. The minimum Gasteiger partial charge on any atom is -0.275 e. The van der Waals surface area contributed by atoms with E-state index in [1.807, 2.05) is 18.2 Å². The molecule has 1 aromatic heterocycles. The molecule has 2 rings (SSSR count). The van der Waals surface area contributed by atoms with Gasteiger partial charge in [0.15, 0.2) is 0 Å². The number of benzene rings is 1. The summed E-state index contributed by atoms with van der Waals surface area (Å²) in [6.07, 6.45) is 0. The maximum absolute atomic E-state index is 12.1. The molecule has 0 aliphatic rings. The molecule has 2 aromatic rings. The summed E-state index contributed by atoms with van der Waals surface area (Å²) in [5.41, 5.74) is 3.41. The van der Waals surface area contributed by atoms with Crippen LogP contribution < -0.4 is 0 Å². The average Bonchev–Trinajstić information content (AvgIpc) is 2.80. The molecular formula is C19H24ClOP. The summed E-state index contributed by atoms with van der Waals surface area (Å²) in [5, 5.41) is 1.80. The number of halogens is 1. The van der Waals surface area contributed by atoms with Gasteiger partial charge in [-0.25, -0.2) is 0 Å². The smallest absolute Gasteiger partial charge is 0.256 e. The number of hydrogen-bond acceptors (Lipinski definition) is 1. The first kappa shape index (κ1) is 17.3. The van der Waals surface area contributed by atoms with E-state index < -0.39 is 0 Å². The number of carbonyl (C=O) groups excluding carboxylic acids is 1. The van der Waals surface area contributed by atoms with Crippen LogP contribution in [-0.2, 0) is 10.8 Å². The maximum Gasteiger partial charge on any atom is 0.256 e. The summed E-state index contributed by atoms with van der Waals surface area (Å²) in [4.78, 5) is 12.1. The van der Waals surface area contributed by atoms with Crippen molar-refractivity contribution in [3.63, 3.8) is 0 Å². The molecule has 1 atom stereocenters. The van der Waals surface area contributed by atoms with Gasteiger partial charge in [0.25, 0.3) is 5.24 Å². The second-order valence-corrected chi connectivity index (χ2v) is 9.36. The van der Waals surface area contributed by atoms with Crippen molar-refractivity contribution in [2.24, 2.45) is 0 Å². The summed E-state index contributed by atoms with van der Waals surface area (Å²) in [6, 6.07) is 10.1. The predicted molar refractivity (Wildman–Crippen MR) is 99.0 cm³/mol. The second-order valence-electron chi connectivity index (χ2n) is 7.76. The Kier molecular flexibility index (Phi) is 4.62. The first-order chi connectivity index (χ1) is 10.0. The van der Waals surface area contributed by atoms with Crippen LogP contribution >= 0.6 is 19.8 Å². The van der Waals surface area contributed by atoms with Gasteiger partial charge in [-0.05, 0) is 38.9 Å². The van der Waals surface area contributed by atoms with E-state index in [9.17, 15) is 4.79 Å². The third-order valence-corrected chi connectivity index (χ3v) is 6.08. The zero-order chi connectivity index (χ0) is 16.7. The van der Waals surface area contributed by atoms with Gasteiger partial charge >= 0.3 is 0 Å². The highest BCUT2D eigenvalue weighted by atomic mass is 35.5. The zero-order valence-electron chi connectivity index (χ0n) is 14.2. The lowest BCUT2D eigenvalue weighted by Crippen LogP contribution is -2.20. The van der Waals surface area contributed by atoms with Gasteiger partial charge in [-0.1, -0.05) is 71.9 Å². The molecule has 1 aromatic carbocycles. The molecule has 3 heteroatoms. The lowest BCUT2D eigenvalue weighted by molar-refractivity contribution is 0.108. The van der Waals surface area contributed by atoms with Crippen molar-refractivity contribution in [1.82, 2.24) is 0 Å². The minimum atomic E-state index is -0.321. The van der Waals surface area contributed by atoms with Crippen LogP contribution in [0.15, 0.2) is 30.3 Å². The van der Waals surface area contributed by atoms with E-state index in [2.05, 4.69) is 53.7 Å². The highest BCUT2D eigenvalue weighted by Crippen LogP contribution is 2.50. The van der Waals surface area contributed by atoms with Crippen LogP contribution in [0.2, 0.25) is 0 Å². The van der Waals surface area contributed by atoms with Gasteiger partial charge < -0.3 is 0 Å². The molecule has 0 radical (unpaired) electrons. The van der Waals surface area contributed by atoms with Gasteiger partial charge in [0.05, 0.1) is 5.30 Å². The fourth-order valence-electron chi connectivity index (χ4n) is 2.85. The van der Waals surface area contributed by atoms with Crippen molar-refractivity contribution in [2.45, 2.75) is 52.4 Å². The van der Waals surface area contributed by atoms with Crippen molar-refractivity contribution in [2.75, 3.05) is 0 Å². The van der Waals surface area contributed by atoms with Crippen molar-refractivity contribution in [3.8, 4) is 11.1 Å². The van der Waals surface area contributed by atoms with Gasteiger partial charge in [-0.15, -0.1) is 8.19 Å². The number of rotatable bonds is 2. The number of carbonyl (C=O) groups is 1. The van der Waals surface area contributed by atoms with Gasteiger partial charge in [0, 0.05) is 5.56 Å². The summed E-state index contributed by atoms with van der Waals surface area (Å²) in [6.45, 7) is 13.3. The highest BCUT2D eigenvalue weighted by Gasteiger charge is 2.33. The van der Waals surface area contributed by atoms with E-state index >= 15 is 0 Å². The Morgan fingerprint density at radius 1 is 0.955 bits per heavy atom. The fraction of sp³-hybridized carbons (Fsp3) is 0.421. The van der Waals surface area contributed by atoms with E-state index in [4.69, 9.17) is 11.6 Å². The standard InChI is InChI=1S/C19H24ClOP/c1-18(2,3)14-13(12-10-8-7-9-11-12)15(17(20)21)22-16(14)19(4,5)6/h7-11,22H,1-6H3. The quantitative estimate of drug-likeness (QED) is 0.584. The molecule has 0 saturated heterocycles. The molecule has 0 spiro atoms. The van der Waals surface area contributed by atoms with E-state index in [1.54, 1.807) is 0 Å². The van der Waals surface area contributed by atoms with Gasteiger partial charge in [0.1, 0.15) is 0 Å². The van der Waals surface area contributed by atoms with E-state index in [1.165, 1.54) is 10.9 Å². The first-order valence-corrected chi connectivity index (χ1v) is 8.93. The summed E-state index contributed by atoms with van der Waals surface area (Å²) in [7, 11) is 0.360. The van der Waals surface area contributed by atoms with Gasteiger partial charge in [-0.3, -0.25) is 4.79 Å². The predicted octanol–water partition coefficient (Wildman–Crippen LogP) is 6.36. The third-order valence-electron chi connectivity index (χ3n) is 3.76. The topological polar surface area (TPSA) is 17.1 Å². The number of hydrogen-bond donors (Lipinski definition) is 0. The summed E-state index contributed by atoms with van der Waals surface area (Å²) < 4.78 is 0. The van der Waals surface area contributed by atoms with Crippen molar-refractivity contribution in [1.29, 1.82) is 0 Å². The van der Waals surface area contributed by atoms with Crippen molar-refractivity contribution >= 4 is 25.0 Å². The molecule has 0 amide bonds. The second kappa shape index (κ2) is 5.87. The molecule has 0 aliphatic carbocycles. The van der Waals surface area contributed by atoms with E-state index in [0.29, 0.717) is 8.19 Å². The Hall–Kier alpha value is -1.04. The molecule has 0 aliphatic heterocycles. The van der Waals surface area contributed by atoms with Crippen LogP contribution in [0.25, 0.3) is 11.1 Å². The molecule has 22 heavy (non-hydrogen) atoms. The van der Waals surface area contributed by atoms with Crippen LogP contribution in [0.3, 0.4) is 0 Å². The Balaban J connectivity index is 2.91. The maximum atomic E-state index is 12.1. The monoisotopic (exact) mass is 334 g/mol. The van der Waals surface area contributed by atoms with Crippen LogP contribution in [-0.4, -0.2) is 5.24 Å². The van der Waals surface area contributed by atoms with E-state index in [-0.39, 0.29) is 16.1 Å². The van der Waals surface area contributed by atoms with Gasteiger partial charge in [-0.2, -0.15) is 0 Å². The molecule has 1 unspecified atom stereocenters. The molecule has 0 saturated carbocycles. The Morgan fingerprint density at radius 2 is 1.50 bits per heavy atom. The van der Waals surface area contributed by atoms with E-state index in [0.717, 1.165) is 16.4 Å². The SMILES string of the molecule is CC(C)(C)c1[pH]c(C(=O)Cl)c(-c2ccccc2)c1C(C)(C)C. The Labute approximate surface area is 140 Å². The summed E-state index contributed by atoms with van der Waals surface area (Å²) >= 11 is 5.94. The molecule has 0 N–H and O–H groups in total. The Bertz CT molecular complexity index is 685. The van der Waals surface area contributed by atoms with Crippen LogP contribution in [0.1, 0.15) is 62.5 Å². The van der Waals surface area contributed by atoms with Crippen molar-refractivity contribution < 1.29 is 4.79 Å². The van der Waals surface area contributed by atoms with Gasteiger partial charge in [0.2, 0.25) is 0 Å². The largest absolute Gasteiger partial charge is 0.275 e. The lowest BCUT2D eigenvalue weighted by atomic mass is 9.77. The molecular weight excluding hydrogens is 311 g/mol. The van der Waals surface area contributed by atoms with Crippen LogP contribution in [0.4, 0.5) is 0 Å². The molecule has 0 bridgehead atoms. The molecule has 118 valence electrons. The molecule has 0 fully saturated rings. The lowest BCUT2D eigenvalue weighted by Gasteiger charge is -2.28. The fourth-order valence-corrected chi connectivity index (χ4v) is 4.83. The third kappa shape index (κ3) is 3.31. The average molecular weight is 335 g/mol. The highest BCUT2D eigenvalue weighted by molar-refractivity contribution is 7.35. The molecule has 1 nitrogen and oxygen atoms in total. The van der Waals surface area contributed by atoms with Crippen molar-refractivity contribution in [3.05, 3.63) is 46.5 Å². The van der Waals surface area contributed by atoms with Crippen LogP contribution in [0, 0.1) is 0 Å². The van der Waals surface area contributed by atoms with Crippen LogP contribution in [0.5, 0.6) is 0 Å². The minimum absolute atomic E-state index is 0.0230. The Morgan fingerprint density at radius 3 is 1.91 bits per heavy atom. The summed E-state index contributed by atoms with van der Waals surface area (Å²) in [5.74, 6) is 0.